The van der Waals surface area contributed by atoms with E-state index < -0.39 is 15.9 Å². The highest BCUT2D eigenvalue weighted by molar-refractivity contribution is 7.93. The summed E-state index contributed by atoms with van der Waals surface area (Å²) in [7, 11) is -3.73. The SMILES string of the molecule is O=C(c1ccc(Cl)cc1)N1c2ccc(Cl)cc2CS1(=O)=O. The first-order valence-electron chi connectivity index (χ1n) is 6.00. The van der Waals surface area contributed by atoms with Crippen molar-refractivity contribution in [3.8, 4) is 0 Å². The van der Waals surface area contributed by atoms with E-state index in [9.17, 15) is 13.2 Å². The van der Waals surface area contributed by atoms with Crippen molar-refractivity contribution < 1.29 is 13.2 Å². The lowest BCUT2D eigenvalue weighted by molar-refractivity contribution is 0.101. The van der Waals surface area contributed by atoms with Crippen molar-refractivity contribution >= 4 is 44.8 Å². The number of halogens is 2. The largest absolute Gasteiger partial charge is 0.272 e. The van der Waals surface area contributed by atoms with Crippen LogP contribution in [0.1, 0.15) is 15.9 Å². The molecule has 21 heavy (non-hydrogen) atoms. The molecule has 0 N–H and O–H groups in total. The zero-order chi connectivity index (χ0) is 15.2. The molecule has 1 heterocycles. The molecule has 0 saturated carbocycles. The van der Waals surface area contributed by atoms with Crippen LogP contribution in [0.4, 0.5) is 5.69 Å². The molecular weight excluding hydrogens is 333 g/mol. The Kier molecular flexibility index (Phi) is 3.43. The molecule has 108 valence electrons. The number of benzene rings is 2. The maximum absolute atomic E-state index is 12.5. The van der Waals surface area contributed by atoms with Gasteiger partial charge in [0.1, 0.15) is 0 Å². The minimum absolute atomic E-state index is 0.234. The second kappa shape index (κ2) is 5.02. The number of carbonyl (C=O) groups is 1. The molecule has 1 aliphatic rings. The van der Waals surface area contributed by atoms with E-state index in [1.165, 1.54) is 18.2 Å². The fourth-order valence-electron chi connectivity index (χ4n) is 2.22. The van der Waals surface area contributed by atoms with Gasteiger partial charge in [-0.15, -0.1) is 0 Å². The molecule has 2 aromatic rings. The number of carbonyl (C=O) groups excluding carboxylic acids is 1. The predicted molar refractivity (Wildman–Crippen MR) is 82.3 cm³/mol. The second-order valence-corrected chi connectivity index (χ2v) is 7.30. The van der Waals surface area contributed by atoms with Gasteiger partial charge in [-0.2, -0.15) is 0 Å². The summed E-state index contributed by atoms with van der Waals surface area (Å²) in [6.45, 7) is 0. The minimum atomic E-state index is -3.73. The van der Waals surface area contributed by atoms with Crippen molar-refractivity contribution in [2.24, 2.45) is 0 Å². The Morgan fingerprint density at radius 1 is 1.00 bits per heavy atom. The van der Waals surface area contributed by atoms with Gasteiger partial charge in [-0.05, 0) is 48.0 Å². The predicted octanol–water partition coefficient (Wildman–Crippen LogP) is 3.48. The summed E-state index contributed by atoms with van der Waals surface area (Å²) in [4.78, 5) is 12.5. The van der Waals surface area contributed by atoms with Gasteiger partial charge in [0.2, 0.25) is 10.0 Å². The monoisotopic (exact) mass is 341 g/mol. The summed E-state index contributed by atoms with van der Waals surface area (Å²) in [6.07, 6.45) is 0. The molecule has 0 unspecified atom stereocenters. The van der Waals surface area contributed by atoms with E-state index in [0.29, 0.717) is 21.3 Å². The fraction of sp³-hybridized carbons (Fsp3) is 0.0714. The van der Waals surface area contributed by atoms with Gasteiger partial charge < -0.3 is 0 Å². The average Bonchev–Trinajstić information content (AvgIpc) is 2.67. The third kappa shape index (κ3) is 2.52. The van der Waals surface area contributed by atoms with E-state index in [2.05, 4.69) is 0 Å². The van der Waals surface area contributed by atoms with E-state index in [4.69, 9.17) is 23.2 Å². The van der Waals surface area contributed by atoms with Crippen molar-refractivity contribution in [1.29, 1.82) is 0 Å². The van der Waals surface area contributed by atoms with Crippen molar-refractivity contribution in [3.63, 3.8) is 0 Å². The highest BCUT2D eigenvalue weighted by atomic mass is 35.5. The molecule has 1 amide bonds. The van der Waals surface area contributed by atoms with E-state index in [1.54, 1.807) is 24.3 Å². The molecular formula is C14H9Cl2NO3S. The molecule has 0 radical (unpaired) electrons. The van der Waals surface area contributed by atoms with Crippen molar-refractivity contribution in [3.05, 3.63) is 63.6 Å². The molecule has 0 saturated heterocycles. The van der Waals surface area contributed by atoms with Gasteiger partial charge in [0.15, 0.2) is 0 Å². The fourth-order valence-corrected chi connectivity index (χ4v) is 4.13. The highest BCUT2D eigenvalue weighted by Crippen LogP contribution is 2.36. The molecule has 1 aliphatic heterocycles. The molecule has 0 aromatic heterocycles. The molecule has 0 fully saturated rings. The summed E-state index contributed by atoms with van der Waals surface area (Å²) in [5.74, 6) is -0.838. The summed E-state index contributed by atoms with van der Waals surface area (Å²) < 4.78 is 25.3. The zero-order valence-corrected chi connectivity index (χ0v) is 12.9. The van der Waals surface area contributed by atoms with Crippen LogP contribution in [-0.4, -0.2) is 14.3 Å². The summed E-state index contributed by atoms with van der Waals surface area (Å²) >= 11 is 11.6. The first-order chi connectivity index (χ1) is 9.88. The smallest absolute Gasteiger partial charge is 0.268 e. The summed E-state index contributed by atoms with van der Waals surface area (Å²) in [6, 6.07) is 10.7. The Morgan fingerprint density at radius 3 is 2.29 bits per heavy atom. The molecule has 0 atom stereocenters. The molecule has 3 rings (SSSR count). The molecule has 0 aliphatic carbocycles. The number of amides is 1. The van der Waals surface area contributed by atoms with Crippen LogP contribution >= 0.6 is 23.2 Å². The van der Waals surface area contributed by atoms with Crippen LogP contribution in [0.2, 0.25) is 10.0 Å². The molecule has 0 spiro atoms. The average molecular weight is 342 g/mol. The van der Waals surface area contributed by atoms with Crippen LogP contribution in [0.15, 0.2) is 42.5 Å². The number of hydrogen-bond donors (Lipinski definition) is 0. The van der Waals surface area contributed by atoms with Crippen LogP contribution in [0, 0.1) is 0 Å². The number of fused-ring (bicyclic) bond motifs is 1. The summed E-state index contributed by atoms with van der Waals surface area (Å²) in [5, 5.41) is 0.910. The lowest BCUT2D eigenvalue weighted by Crippen LogP contribution is -2.33. The quantitative estimate of drug-likeness (QED) is 0.797. The minimum Gasteiger partial charge on any atom is -0.268 e. The van der Waals surface area contributed by atoms with Crippen molar-refractivity contribution in [1.82, 2.24) is 0 Å². The third-order valence-electron chi connectivity index (χ3n) is 3.15. The lowest BCUT2D eigenvalue weighted by Gasteiger charge is -2.16. The topological polar surface area (TPSA) is 54.5 Å². The Bertz CT molecular complexity index is 832. The first-order valence-corrected chi connectivity index (χ1v) is 8.36. The maximum atomic E-state index is 12.5. The van der Waals surface area contributed by atoms with E-state index >= 15 is 0 Å². The van der Waals surface area contributed by atoms with Gasteiger partial charge in [-0.3, -0.25) is 4.79 Å². The van der Waals surface area contributed by atoms with E-state index in [-0.39, 0.29) is 11.3 Å². The summed E-state index contributed by atoms with van der Waals surface area (Å²) in [5.41, 5.74) is 1.12. The van der Waals surface area contributed by atoms with Crippen LogP contribution in [0.25, 0.3) is 0 Å². The first kappa shape index (κ1) is 14.4. The molecule has 4 nitrogen and oxygen atoms in total. The number of rotatable bonds is 1. The van der Waals surface area contributed by atoms with Crippen LogP contribution in [-0.2, 0) is 15.8 Å². The van der Waals surface area contributed by atoms with Crippen LogP contribution in [0.3, 0.4) is 0 Å². The van der Waals surface area contributed by atoms with Gasteiger partial charge in [-0.1, -0.05) is 23.2 Å². The number of nitrogens with zero attached hydrogens (tertiary/aromatic N) is 1. The number of sulfonamides is 1. The van der Waals surface area contributed by atoms with Gasteiger partial charge >= 0.3 is 0 Å². The van der Waals surface area contributed by atoms with Crippen molar-refractivity contribution in [2.45, 2.75) is 5.75 Å². The Balaban J connectivity index is 2.09. The highest BCUT2D eigenvalue weighted by Gasteiger charge is 2.38. The van der Waals surface area contributed by atoms with Crippen molar-refractivity contribution in [2.75, 3.05) is 4.31 Å². The van der Waals surface area contributed by atoms with E-state index in [1.807, 2.05) is 0 Å². The number of hydrogen-bond acceptors (Lipinski definition) is 3. The Hall–Kier alpha value is -1.56. The second-order valence-electron chi connectivity index (χ2n) is 4.61. The van der Waals surface area contributed by atoms with E-state index in [0.717, 1.165) is 4.31 Å². The molecule has 0 bridgehead atoms. The number of anilines is 1. The Labute approximate surface area is 132 Å². The van der Waals surface area contributed by atoms with Crippen LogP contribution < -0.4 is 4.31 Å². The molecule has 7 heteroatoms. The van der Waals surface area contributed by atoms with Gasteiger partial charge in [-0.25, -0.2) is 12.7 Å². The Morgan fingerprint density at radius 2 is 1.62 bits per heavy atom. The zero-order valence-electron chi connectivity index (χ0n) is 10.6. The molecule has 2 aromatic carbocycles. The van der Waals surface area contributed by atoms with Gasteiger partial charge in [0, 0.05) is 15.6 Å². The lowest BCUT2D eigenvalue weighted by atomic mass is 10.1. The van der Waals surface area contributed by atoms with Gasteiger partial charge in [0.05, 0.1) is 11.4 Å². The normalized spacial score (nSPS) is 15.8. The van der Waals surface area contributed by atoms with Gasteiger partial charge in [0.25, 0.3) is 5.91 Å². The third-order valence-corrected chi connectivity index (χ3v) is 5.23. The standard InChI is InChI=1S/C14H9Cl2NO3S/c15-11-3-1-9(2-4-11)14(18)17-13-6-5-12(16)7-10(13)8-21(17,19)20/h1-7H,8H2. The maximum Gasteiger partial charge on any atom is 0.272 e. The van der Waals surface area contributed by atoms with Crippen LogP contribution in [0.5, 0.6) is 0 Å².